The van der Waals surface area contributed by atoms with Gasteiger partial charge in [0.1, 0.15) is 0 Å². The summed E-state index contributed by atoms with van der Waals surface area (Å²) in [6.07, 6.45) is 0. The van der Waals surface area contributed by atoms with E-state index < -0.39 is 5.97 Å². The van der Waals surface area contributed by atoms with Crippen molar-refractivity contribution in [2.75, 3.05) is 0 Å². The summed E-state index contributed by atoms with van der Waals surface area (Å²) in [5, 5.41) is 10.2. The van der Waals surface area contributed by atoms with Gasteiger partial charge in [0.15, 0.2) is 11.6 Å². The topological polar surface area (TPSA) is 76.8 Å². The highest BCUT2D eigenvalue weighted by molar-refractivity contribution is 5.91. The monoisotopic (exact) mass is 368 g/mol. The summed E-state index contributed by atoms with van der Waals surface area (Å²) in [4.78, 5) is 20.9. The molecule has 2 aromatic carbocycles. The number of rotatable bonds is 4. The molecule has 0 aliphatic carbocycles. The molecule has 0 unspecified atom stereocenters. The molecule has 0 aliphatic heterocycles. The highest BCUT2D eigenvalue weighted by atomic mass is 16.5. The van der Waals surface area contributed by atoms with Crippen molar-refractivity contribution in [3.8, 4) is 5.75 Å². The van der Waals surface area contributed by atoms with Gasteiger partial charge in [0.05, 0.1) is 11.0 Å². The van der Waals surface area contributed by atoms with Crippen LogP contribution in [0.25, 0.3) is 21.8 Å². The minimum absolute atomic E-state index is 0.197. The molecule has 0 atom stereocenters. The van der Waals surface area contributed by atoms with E-state index in [2.05, 4.69) is 26.8 Å². The third-order valence-corrected chi connectivity index (χ3v) is 4.05. The lowest BCUT2D eigenvalue weighted by molar-refractivity contribution is -0.130. The minimum Gasteiger partial charge on any atom is -0.419 e. The first-order chi connectivity index (χ1) is 13.6. The van der Waals surface area contributed by atoms with Crippen LogP contribution in [0.5, 0.6) is 5.75 Å². The van der Waals surface area contributed by atoms with E-state index in [0.717, 1.165) is 21.8 Å². The van der Waals surface area contributed by atoms with Gasteiger partial charge in [0.25, 0.3) is 0 Å². The van der Waals surface area contributed by atoms with E-state index in [4.69, 9.17) is 4.74 Å². The van der Waals surface area contributed by atoms with E-state index in [0.29, 0.717) is 5.82 Å². The Balaban J connectivity index is 1.75. The molecule has 0 N–H and O–H groups in total. The number of ether oxygens (including phenoxy) is 1. The maximum Gasteiger partial charge on any atom is 0.338 e. The Kier molecular flexibility index (Phi) is 4.60. The Morgan fingerprint density at radius 1 is 0.893 bits per heavy atom. The summed E-state index contributed by atoms with van der Waals surface area (Å²) in [5.74, 6) is 0.308. The molecular formula is C22H16N4O2. The van der Waals surface area contributed by atoms with Crippen molar-refractivity contribution in [1.82, 2.24) is 9.97 Å². The second-order valence-electron chi connectivity index (χ2n) is 6.23. The number of fused-ring (bicyclic) bond motifs is 2. The number of benzene rings is 2. The van der Waals surface area contributed by atoms with Crippen LogP contribution in [0.1, 0.15) is 6.92 Å². The van der Waals surface area contributed by atoms with Crippen molar-refractivity contribution in [3.05, 3.63) is 78.9 Å². The van der Waals surface area contributed by atoms with Crippen LogP contribution in [0.4, 0.5) is 11.6 Å². The van der Waals surface area contributed by atoms with Crippen LogP contribution >= 0.6 is 0 Å². The Labute approximate surface area is 161 Å². The molecule has 4 rings (SSSR count). The Morgan fingerprint density at radius 3 is 2.32 bits per heavy atom. The molecule has 2 aromatic heterocycles. The molecule has 4 aromatic rings. The summed E-state index contributed by atoms with van der Waals surface area (Å²) in [5.41, 5.74) is 1.82. The number of hydrogen-bond donors (Lipinski definition) is 0. The fraction of sp³-hybridized carbons (Fsp3) is 0.0455. The van der Waals surface area contributed by atoms with Crippen molar-refractivity contribution in [3.63, 3.8) is 0 Å². The second kappa shape index (κ2) is 7.36. The van der Waals surface area contributed by atoms with Crippen LogP contribution in [0.15, 0.2) is 89.1 Å². The molecule has 2 heterocycles. The summed E-state index contributed by atoms with van der Waals surface area (Å²) >= 11 is 0. The lowest BCUT2D eigenvalue weighted by Gasteiger charge is -2.07. The highest BCUT2D eigenvalue weighted by Crippen LogP contribution is 2.31. The molecule has 0 amide bonds. The SMILES string of the molecule is C=C(C)C(=O)Oc1cc2ccccc2nc1N=Nc1ccc2ccccc2n1. The molecular weight excluding hydrogens is 352 g/mol. The van der Waals surface area contributed by atoms with Gasteiger partial charge >= 0.3 is 5.97 Å². The van der Waals surface area contributed by atoms with Gasteiger partial charge in [-0.3, -0.25) is 0 Å². The smallest absolute Gasteiger partial charge is 0.338 e. The fourth-order valence-electron chi connectivity index (χ4n) is 2.63. The van der Waals surface area contributed by atoms with Crippen LogP contribution in [0, 0.1) is 0 Å². The number of hydrogen-bond acceptors (Lipinski definition) is 6. The summed E-state index contributed by atoms with van der Waals surface area (Å²) in [6, 6.07) is 20.6. The van der Waals surface area contributed by atoms with E-state index >= 15 is 0 Å². The van der Waals surface area contributed by atoms with Crippen molar-refractivity contribution >= 4 is 39.4 Å². The zero-order chi connectivity index (χ0) is 19.5. The number of azo groups is 1. The maximum atomic E-state index is 12.0. The molecule has 0 saturated carbocycles. The maximum absolute atomic E-state index is 12.0. The number of aromatic nitrogens is 2. The van der Waals surface area contributed by atoms with Crippen LogP contribution in [0.3, 0.4) is 0 Å². The van der Waals surface area contributed by atoms with E-state index in [-0.39, 0.29) is 17.1 Å². The van der Waals surface area contributed by atoms with Crippen molar-refractivity contribution in [2.45, 2.75) is 6.92 Å². The van der Waals surface area contributed by atoms with Crippen molar-refractivity contribution < 1.29 is 9.53 Å². The fourth-order valence-corrected chi connectivity index (χ4v) is 2.63. The van der Waals surface area contributed by atoms with Crippen LogP contribution in [-0.2, 0) is 4.79 Å². The molecule has 6 nitrogen and oxygen atoms in total. The highest BCUT2D eigenvalue weighted by Gasteiger charge is 2.13. The number of para-hydroxylation sites is 2. The first-order valence-electron chi connectivity index (χ1n) is 8.65. The molecule has 0 radical (unpaired) electrons. The Morgan fingerprint density at radius 2 is 1.57 bits per heavy atom. The number of carbonyl (C=O) groups excluding carboxylic acids is 1. The lowest BCUT2D eigenvalue weighted by atomic mass is 10.2. The largest absolute Gasteiger partial charge is 0.419 e. The normalized spacial score (nSPS) is 11.2. The molecule has 0 spiro atoms. The average molecular weight is 368 g/mol. The van der Waals surface area contributed by atoms with Crippen LogP contribution < -0.4 is 4.74 Å². The third-order valence-electron chi connectivity index (χ3n) is 4.05. The number of pyridine rings is 2. The molecule has 0 aliphatic rings. The van der Waals surface area contributed by atoms with E-state index in [9.17, 15) is 4.79 Å². The Bertz CT molecular complexity index is 1250. The number of nitrogens with zero attached hydrogens (tertiary/aromatic N) is 4. The summed E-state index contributed by atoms with van der Waals surface area (Å²) in [6.45, 7) is 5.19. The molecule has 0 bridgehead atoms. The van der Waals surface area contributed by atoms with Gasteiger partial charge in [0.2, 0.25) is 5.82 Å². The van der Waals surface area contributed by atoms with Crippen LogP contribution in [0.2, 0.25) is 0 Å². The summed E-state index contributed by atoms with van der Waals surface area (Å²) < 4.78 is 5.40. The molecule has 136 valence electrons. The van der Waals surface area contributed by atoms with Crippen LogP contribution in [-0.4, -0.2) is 15.9 Å². The van der Waals surface area contributed by atoms with Gasteiger partial charge in [-0.2, -0.15) is 0 Å². The van der Waals surface area contributed by atoms with Gasteiger partial charge in [0, 0.05) is 16.3 Å². The van der Waals surface area contributed by atoms with Gasteiger partial charge in [-0.05, 0) is 37.3 Å². The minimum atomic E-state index is -0.544. The molecule has 28 heavy (non-hydrogen) atoms. The zero-order valence-corrected chi connectivity index (χ0v) is 15.2. The van der Waals surface area contributed by atoms with Gasteiger partial charge in [-0.1, -0.05) is 43.0 Å². The second-order valence-corrected chi connectivity index (χ2v) is 6.23. The van der Waals surface area contributed by atoms with Gasteiger partial charge < -0.3 is 4.74 Å². The van der Waals surface area contributed by atoms with Crippen molar-refractivity contribution in [1.29, 1.82) is 0 Å². The zero-order valence-electron chi connectivity index (χ0n) is 15.2. The molecule has 0 fully saturated rings. The lowest BCUT2D eigenvalue weighted by Crippen LogP contribution is -2.08. The molecule has 0 saturated heterocycles. The number of esters is 1. The van der Waals surface area contributed by atoms with E-state index in [1.165, 1.54) is 0 Å². The standard InChI is InChI=1S/C22H16N4O2/c1-14(2)22(27)28-19-13-16-8-4-6-10-18(16)24-21(19)26-25-20-12-11-15-7-3-5-9-17(15)23-20/h3-13H,1H2,2H3. The quantitative estimate of drug-likeness (QED) is 0.264. The van der Waals surface area contributed by atoms with Crippen molar-refractivity contribution in [2.24, 2.45) is 10.2 Å². The first-order valence-corrected chi connectivity index (χ1v) is 8.65. The third kappa shape index (κ3) is 3.61. The Hall–Kier alpha value is -3.93. The van der Waals surface area contributed by atoms with Gasteiger partial charge in [-0.25, -0.2) is 14.8 Å². The van der Waals surface area contributed by atoms with E-state index in [1.54, 1.807) is 19.1 Å². The predicted molar refractivity (Wildman–Crippen MR) is 108 cm³/mol. The van der Waals surface area contributed by atoms with E-state index in [1.807, 2.05) is 54.6 Å². The summed E-state index contributed by atoms with van der Waals surface area (Å²) in [7, 11) is 0. The van der Waals surface area contributed by atoms with Gasteiger partial charge in [-0.15, -0.1) is 10.2 Å². The first kappa shape index (κ1) is 17.5. The number of carbonyl (C=O) groups is 1. The molecule has 6 heteroatoms. The predicted octanol–water partition coefficient (Wildman–Crippen LogP) is 5.68. The average Bonchev–Trinajstić information content (AvgIpc) is 2.72.